The van der Waals surface area contributed by atoms with Crippen molar-refractivity contribution in [2.24, 2.45) is 5.92 Å². The molecule has 1 atom stereocenters. The van der Waals surface area contributed by atoms with Crippen LogP contribution >= 0.6 is 15.9 Å². The van der Waals surface area contributed by atoms with Gasteiger partial charge in [-0.2, -0.15) is 0 Å². The van der Waals surface area contributed by atoms with Gasteiger partial charge >= 0.3 is 0 Å². The van der Waals surface area contributed by atoms with E-state index in [2.05, 4.69) is 26.6 Å². The number of nitrogens with zero attached hydrogens (tertiary/aromatic N) is 1. The van der Waals surface area contributed by atoms with Gasteiger partial charge in [-0.1, -0.05) is 15.9 Å². The van der Waals surface area contributed by atoms with Gasteiger partial charge in [0.2, 0.25) is 11.8 Å². The first-order valence-corrected chi connectivity index (χ1v) is 11.5. The number of carbonyl (C=O) groups is 3. The highest BCUT2D eigenvalue weighted by molar-refractivity contribution is 9.10. The number of ether oxygens (including phenoxy) is 2. The monoisotopic (exact) mass is 517 g/mol. The molecule has 0 spiro atoms. The molecule has 33 heavy (non-hydrogen) atoms. The molecule has 1 aliphatic heterocycles. The van der Waals surface area contributed by atoms with Crippen molar-refractivity contribution in [3.8, 4) is 5.75 Å². The predicted octanol–water partition coefficient (Wildman–Crippen LogP) is 3.28. The molecule has 2 aromatic rings. The van der Waals surface area contributed by atoms with Crippen LogP contribution in [0.5, 0.6) is 5.75 Å². The van der Waals surface area contributed by atoms with Crippen molar-refractivity contribution in [3.63, 3.8) is 0 Å². The highest BCUT2D eigenvalue weighted by Gasteiger charge is 2.34. The van der Waals surface area contributed by atoms with E-state index in [1.54, 1.807) is 36.3 Å². The second-order valence-corrected chi connectivity index (χ2v) is 8.69. The Kier molecular flexibility index (Phi) is 8.85. The van der Waals surface area contributed by atoms with E-state index < -0.39 is 0 Å². The lowest BCUT2D eigenvalue weighted by molar-refractivity contribution is -0.126. The number of carbonyl (C=O) groups excluding carboxylic acids is 3. The first-order chi connectivity index (χ1) is 15.9. The summed E-state index contributed by atoms with van der Waals surface area (Å²) in [7, 11) is 1.62. The minimum Gasteiger partial charge on any atom is -0.484 e. The van der Waals surface area contributed by atoms with Gasteiger partial charge in [-0.25, -0.2) is 0 Å². The van der Waals surface area contributed by atoms with Crippen LogP contribution in [0.25, 0.3) is 0 Å². The highest BCUT2D eigenvalue weighted by Crippen LogP contribution is 2.27. The standard InChI is InChI=1S/C24H28BrN3O5/c1-16-12-18(4-9-21(16)25)27-22(29)15-33-20-7-5-19(6-8-20)28-14-17(13-23(28)30)24(31)26-10-3-11-32-2/h4-9,12,17H,3,10-11,13-15H2,1-2H3,(H,26,31)(H,27,29)/t17-/m0/s1. The van der Waals surface area contributed by atoms with Gasteiger partial charge in [-0.15, -0.1) is 0 Å². The van der Waals surface area contributed by atoms with Crippen molar-refractivity contribution in [2.45, 2.75) is 19.8 Å². The molecule has 8 nitrogen and oxygen atoms in total. The summed E-state index contributed by atoms with van der Waals surface area (Å²) in [5, 5.41) is 5.65. The van der Waals surface area contributed by atoms with Crippen LogP contribution in [0.2, 0.25) is 0 Å². The minimum absolute atomic E-state index is 0.0927. The van der Waals surface area contributed by atoms with Gasteiger partial charge in [0, 0.05) is 49.1 Å². The quantitative estimate of drug-likeness (QED) is 0.471. The van der Waals surface area contributed by atoms with Crippen molar-refractivity contribution < 1.29 is 23.9 Å². The fraction of sp³-hybridized carbons (Fsp3) is 0.375. The van der Waals surface area contributed by atoms with Crippen molar-refractivity contribution >= 4 is 45.0 Å². The topological polar surface area (TPSA) is 97.0 Å². The third kappa shape index (κ3) is 7.03. The SMILES string of the molecule is COCCCNC(=O)[C@H]1CC(=O)N(c2ccc(OCC(=O)Nc3ccc(Br)c(C)c3)cc2)C1. The number of anilines is 2. The van der Waals surface area contributed by atoms with Crippen molar-refractivity contribution in [2.75, 3.05) is 43.6 Å². The van der Waals surface area contributed by atoms with E-state index in [1.807, 2.05) is 25.1 Å². The average molecular weight is 518 g/mol. The molecule has 0 saturated carbocycles. The van der Waals surface area contributed by atoms with Crippen LogP contribution in [-0.2, 0) is 19.1 Å². The zero-order valence-electron chi connectivity index (χ0n) is 18.7. The Hall–Kier alpha value is -2.91. The molecule has 1 aliphatic rings. The maximum Gasteiger partial charge on any atom is 0.262 e. The van der Waals surface area contributed by atoms with Gasteiger partial charge < -0.3 is 25.0 Å². The lowest BCUT2D eigenvalue weighted by Crippen LogP contribution is -2.33. The summed E-state index contributed by atoms with van der Waals surface area (Å²) < 4.78 is 11.5. The van der Waals surface area contributed by atoms with Crippen LogP contribution in [-0.4, -0.2) is 51.1 Å². The Morgan fingerprint density at radius 2 is 1.94 bits per heavy atom. The Bertz CT molecular complexity index is 996. The van der Waals surface area contributed by atoms with E-state index in [-0.39, 0.29) is 36.7 Å². The molecule has 2 aromatic carbocycles. The van der Waals surface area contributed by atoms with Gasteiger partial charge in [-0.05, 0) is 61.4 Å². The van der Waals surface area contributed by atoms with E-state index in [4.69, 9.17) is 9.47 Å². The first-order valence-electron chi connectivity index (χ1n) is 10.7. The van der Waals surface area contributed by atoms with E-state index in [0.29, 0.717) is 36.8 Å². The molecule has 176 valence electrons. The normalized spacial score (nSPS) is 15.4. The van der Waals surface area contributed by atoms with Crippen molar-refractivity contribution in [1.82, 2.24) is 5.32 Å². The lowest BCUT2D eigenvalue weighted by Gasteiger charge is -2.17. The van der Waals surface area contributed by atoms with Gasteiger partial charge in [-0.3, -0.25) is 14.4 Å². The summed E-state index contributed by atoms with van der Waals surface area (Å²) in [6.07, 6.45) is 0.916. The van der Waals surface area contributed by atoms with Crippen molar-refractivity contribution in [3.05, 3.63) is 52.5 Å². The number of benzene rings is 2. The van der Waals surface area contributed by atoms with Crippen LogP contribution in [0.3, 0.4) is 0 Å². The molecule has 1 fully saturated rings. The van der Waals surface area contributed by atoms with Crippen LogP contribution in [0.15, 0.2) is 46.9 Å². The van der Waals surface area contributed by atoms with Crippen LogP contribution in [0.4, 0.5) is 11.4 Å². The fourth-order valence-corrected chi connectivity index (χ4v) is 3.74. The number of nitrogens with one attached hydrogen (secondary N) is 2. The minimum atomic E-state index is -0.373. The van der Waals surface area contributed by atoms with Gasteiger partial charge in [0.1, 0.15) is 5.75 Å². The molecule has 0 bridgehead atoms. The van der Waals surface area contributed by atoms with Gasteiger partial charge in [0.25, 0.3) is 5.91 Å². The largest absolute Gasteiger partial charge is 0.484 e. The molecule has 0 aliphatic carbocycles. The molecule has 9 heteroatoms. The lowest BCUT2D eigenvalue weighted by atomic mass is 10.1. The molecule has 0 aromatic heterocycles. The molecule has 1 heterocycles. The molecule has 2 N–H and O–H groups in total. The molecular weight excluding hydrogens is 490 g/mol. The highest BCUT2D eigenvalue weighted by atomic mass is 79.9. The Morgan fingerprint density at radius 3 is 2.64 bits per heavy atom. The Morgan fingerprint density at radius 1 is 1.18 bits per heavy atom. The zero-order chi connectivity index (χ0) is 23.8. The summed E-state index contributed by atoms with van der Waals surface area (Å²) in [4.78, 5) is 38.5. The summed E-state index contributed by atoms with van der Waals surface area (Å²) in [5.74, 6) is -0.337. The van der Waals surface area contributed by atoms with Crippen molar-refractivity contribution in [1.29, 1.82) is 0 Å². The number of hydrogen-bond donors (Lipinski definition) is 2. The predicted molar refractivity (Wildman–Crippen MR) is 129 cm³/mol. The second-order valence-electron chi connectivity index (χ2n) is 7.84. The van der Waals surface area contributed by atoms with E-state index >= 15 is 0 Å². The molecule has 0 radical (unpaired) electrons. The number of halogens is 1. The van der Waals surface area contributed by atoms with E-state index in [1.165, 1.54) is 0 Å². The third-order valence-corrected chi connectivity index (χ3v) is 6.17. The molecule has 1 saturated heterocycles. The van der Waals surface area contributed by atoms with E-state index in [9.17, 15) is 14.4 Å². The second kappa shape index (κ2) is 11.8. The van der Waals surface area contributed by atoms with Gasteiger partial charge in [0.05, 0.1) is 5.92 Å². The fourth-order valence-electron chi connectivity index (χ4n) is 3.50. The molecule has 3 rings (SSSR count). The third-order valence-electron chi connectivity index (χ3n) is 5.28. The Labute approximate surface area is 201 Å². The summed E-state index contributed by atoms with van der Waals surface area (Å²) in [6, 6.07) is 12.5. The number of methoxy groups -OCH3 is 1. The van der Waals surface area contributed by atoms with Crippen LogP contribution in [0, 0.1) is 12.8 Å². The number of amides is 3. The molecule has 0 unspecified atom stereocenters. The molecule has 3 amide bonds. The molecular formula is C24H28BrN3O5. The summed E-state index contributed by atoms with van der Waals surface area (Å²) in [5.41, 5.74) is 2.41. The maximum absolute atomic E-state index is 12.4. The van der Waals surface area contributed by atoms with Crippen LogP contribution in [0.1, 0.15) is 18.4 Å². The first kappa shape index (κ1) is 24.7. The number of hydrogen-bond acceptors (Lipinski definition) is 5. The summed E-state index contributed by atoms with van der Waals surface area (Å²) in [6.45, 7) is 3.25. The zero-order valence-corrected chi connectivity index (χ0v) is 20.3. The Balaban J connectivity index is 1.48. The maximum atomic E-state index is 12.4. The average Bonchev–Trinajstić information content (AvgIpc) is 3.20. The number of rotatable bonds is 10. The number of aryl methyl sites for hydroxylation is 1. The van der Waals surface area contributed by atoms with Gasteiger partial charge in [0.15, 0.2) is 6.61 Å². The smallest absolute Gasteiger partial charge is 0.262 e. The van der Waals surface area contributed by atoms with Crippen LogP contribution < -0.4 is 20.3 Å². The van der Waals surface area contributed by atoms with E-state index in [0.717, 1.165) is 16.5 Å². The summed E-state index contributed by atoms with van der Waals surface area (Å²) >= 11 is 3.43.